The van der Waals surface area contributed by atoms with Crippen molar-refractivity contribution in [3.05, 3.63) is 29.8 Å². The van der Waals surface area contributed by atoms with Gasteiger partial charge in [0, 0.05) is 19.8 Å². The van der Waals surface area contributed by atoms with Crippen molar-refractivity contribution in [3.63, 3.8) is 0 Å². The van der Waals surface area contributed by atoms with Gasteiger partial charge in [0.15, 0.2) is 0 Å². The van der Waals surface area contributed by atoms with E-state index < -0.39 is 0 Å². The van der Waals surface area contributed by atoms with E-state index >= 15 is 0 Å². The van der Waals surface area contributed by atoms with Gasteiger partial charge >= 0.3 is 5.97 Å². The standard InChI is InChI=1S/C16H24N2O2/c1-17(2)14-9-7-13(8-10-14)15(16(19)20-3)18-11-5-4-6-12-18/h7-10,15H,4-6,11-12H2,1-3H3. The van der Waals surface area contributed by atoms with Crippen LogP contribution in [0.5, 0.6) is 0 Å². The molecule has 0 aliphatic carbocycles. The molecule has 0 aromatic heterocycles. The number of nitrogens with zero attached hydrogens (tertiary/aromatic N) is 2. The molecular formula is C16H24N2O2. The molecule has 1 heterocycles. The molecule has 0 saturated carbocycles. The van der Waals surface area contributed by atoms with Crippen molar-refractivity contribution >= 4 is 11.7 Å². The van der Waals surface area contributed by atoms with Crippen molar-refractivity contribution < 1.29 is 9.53 Å². The lowest BCUT2D eigenvalue weighted by Gasteiger charge is -2.33. The van der Waals surface area contributed by atoms with Gasteiger partial charge in [-0.2, -0.15) is 0 Å². The van der Waals surface area contributed by atoms with Gasteiger partial charge in [-0.25, -0.2) is 4.79 Å². The zero-order chi connectivity index (χ0) is 14.5. The average Bonchev–Trinajstić information content (AvgIpc) is 2.49. The van der Waals surface area contributed by atoms with Gasteiger partial charge in [0.2, 0.25) is 0 Å². The third-order valence-corrected chi connectivity index (χ3v) is 3.91. The third-order valence-electron chi connectivity index (χ3n) is 3.91. The summed E-state index contributed by atoms with van der Waals surface area (Å²) in [7, 11) is 5.49. The van der Waals surface area contributed by atoms with Gasteiger partial charge in [0.1, 0.15) is 6.04 Å². The Morgan fingerprint density at radius 2 is 1.75 bits per heavy atom. The number of benzene rings is 1. The number of piperidine rings is 1. The first-order chi connectivity index (χ1) is 9.63. The van der Waals surface area contributed by atoms with Gasteiger partial charge in [0.25, 0.3) is 0 Å². The maximum absolute atomic E-state index is 12.2. The summed E-state index contributed by atoms with van der Waals surface area (Å²) in [5.74, 6) is -0.162. The summed E-state index contributed by atoms with van der Waals surface area (Å²) in [4.78, 5) is 16.4. The van der Waals surface area contributed by atoms with E-state index in [4.69, 9.17) is 4.74 Å². The number of ether oxygens (including phenoxy) is 1. The van der Waals surface area contributed by atoms with Crippen LogP contribution in [0, 0.1) is 0 Å². The van der Waals surface area contributed by atoms with Crippen LogP contribution in [0.4, 0.5) is 5.69 Å². The Morgan fingerprint density at radius 1 is 1.15 bits per heavy atom. The van der Waals surface area contributed by atoms with E-state index in [1.165, 1.54) is 13.5 Å². The molecule has 110 valence electrons. The second-order valence-electron chi connectivity index (χ2n) is 5.51. The number of carbonyl (C=O) groups is 1. The number of esters is 1. The lowest BCUT2D eigenvalue weighted by Crippen LogP contribution is -2.38. The maximum atomic E-state index is 12.2. The van der Waals surface area contributed by atoms with Gasteiger partial charge in [-0.1, -0.05) is 18.6 Å². The van der Waals surface area contributed by atoms with Crippen LogP contribution >= 0.6 is 0 Å². The van der Waals surface area contributed by atoms with Crippen LogP contribution in [0.15, 0.2) is 24.3 Å². The minimum absolute atomic E-state index is 0.162. The van der Waals surface area contributed by atoms with E-state index in [1.807, 2.05) is 26.2 Å². The Hall–Kier alpha value is -1.55. The van der Waals surface area contributed by atoms with Gasteiger partial charge in [-0.05, 0) is 43.6 Å². The van der Waals surface area contributed by atoms with Crippen molar-refractivity contribution in [1.82, 2.24) is 4.90 Å². The number of rotatable bonds is 4. The molecule has 1 saturated heterocycles. The van der Waals surface area contributed by atoms with Crippen LogP contribution < -0.4 is 4.90 Å². The molecule has 1 aliphatic heterocycles. The number of anilines is 1. The molecule has 1 unspecified atom stereocenters. The molecule has 1 atom stereocenters. The second kappa shape index (κ2) is 6.75. The van der Waals surface area contributed by atoms with Crippen molar-refractivity contribution in [2.75, 3.05) is 39.2 Å². The average molecular weight is 276 g/mol. The molecule has 0 radical (unpaired) electrons. The largest absolute Gasteiger partial charge is 0.468 e. The minimum atomic E-state index is -0.267. The van der Waals surface area contributed by atoms with E-state index in [9.17, 15) is 4.79 Å². The summed E-state index contributed by atoms with van der Waals surface area (Å²) in [6.07, 6.45) is 3.57. The van der Waals surface area contributed by atoms with Crippen LogP contribution in [0.25, 0.3) is 0 Å². The molecule has 0 bridgehead atoms. The molecular weight excluding hydrogens is 252 g/mol. The highest BCUT2D eigenvalue weighted by atomic mass is 16.5. The monoisotopic (exact) mass is 276 g/mol. The highest BCUT2D eigenvalue weighted by Crippen LogP contribution is 2.27. The highest BCUT2D eigenvalue weighted by Gasteiger charge is 2.29. The smallest absolute Gasteiger partial charge is 0.327 e. The van der Waals surface area contributed by atoms with Crippen LogP contribution in [0.2, 0.25) is 0 Å². The molecule has 0 N–H and O–H groups in total. The molecule has 4 heteroatoms. The van der Waals surface area contributed by atoms with E-state index in [0.29, 0.717) is 0 Å². The van der Waals surface area contributed by atoms with Crippen molar-refractivity contribution in [2.24, 2.45) is 0 Å². The van der Waals surface area contributed by atoms with E-state index in [0.717, 1.165) is 37.2 Å². The molecule has 1 aromatic rings. The SMILES string of the molecule is COC(=O)C(c1ccc(N(C)C)cc1)N1CCCCC1. The lowest BCUT2D eigenvalue weighted by atomic mass is 10.0. The molecule has 1 aliphatic rings. The van der Waals surface area contributed by atoms with Gasteiger partial charge in [-0.15, -0.1) is 0 Å². The normalized spacial score (nSPS) is 17.6. The highest BCUT2D eigenvalue weighted by molar-refractivity contribution is 5.77. The maximum Gasteiger partial charge on any atom is 0.327 e. The zero-order valence-corrected chi connectivity index (χ0v) is 12.6. The number of hydrogen-bond acceptors (Lipinski definition) is 4. The fourth-order valence-electron chi connectivity index (χ4n) is 2.74. The second-order valence-corrected chi connectivity index (χ2v) is 5.51. The van der Waals surface area contributed by atoms with Crippen molar-refractivity contribution in [1.29, 1.82) is 0 Å². The van der Waals surface area contributed by atoms with Crippen LogP contribution in [0.3, 0.4) is 0 Å². The van der Waals surface area contributed by atoms with Crippen LogP contribution in [0.1, 0.15) is 30.9 Å². The molecule has 4 nitrogen and oxygen atoms in total. The lowest BCUT2D eigenvalue weighted by molar-refractivity contribution is -0.147. The van der Waals surface area contributed by atoms with Crippen LogP contribution in [-0.4, -0.2) is 45.2 Å². The molecule has 0 amide bonds. The van der Waals surface area contributed by atoms with Crippen molar-refractivity contribution in [3.8, 4) is 0 Å². The molecule has 2 rings (SSSR count). The fourth-order valence-corrected chi connectivity index (χ4v) is 2.74. The molecule has 1 fully saturated rings. The summed E-state index contributed by atoms with van der Waals surface area (Å²) < 4.78 is 5.01. The van der Waals surface area contributed by atoms with E-state index in [1.54, 1.807) is 0 Å². The first kappa shape index (κ1) is 14.9. The predicted octanol–water partition coefficient (Wildman–Crippen LogP) is 2.45. The number of carbonyl (C=O) groups excluding carboxylic acids is 1. The van der Waals surface area contributed by atoms with Gasteiger partial charge in [-0.3, -0.25) is 4.90 Å². The van der Waals surface area contributed by atoms with Crippen LogP contribution in [-0.2, 0) is 9.53 Å². The Kier molecular flexibility index (Phi) is 5.01. The number of methoxy groups -OCH3 is 1. The Balaban J connectivity index is 2.23. The van der Waals surface area contributed by atoms with Gasteiger partial charge < -0.3 is 9.64 Å². The zero-order valence-electron chi connectivity index (χ0n) is 12.6. The van der Waals surface area contributed by atoms with E-state index in [-0.39, 0.29) is 12.0 Å². The quantitative estimate of drug-likeness (QED) is 0.791. The van der Waals surface area contributed by atoms with E-state index in [2.05, 4.69) is 21.9 Å². The number of likely N-dealkylation sites (tertiary alicyclic amines) is 1. The Bertz CT molecular complexity index is 436. The summed E-state index contributed by atoms with van der Waals surface area (Å²) in [5, 5.41) is 0. The number of hydrogen-bond donors (Lipinski definition) is 0. The Labute approximate surface area is 121 Å². The predicted molar refractivity (Wildman–Crippen MR) is 81.0 cm³/mol. The topological polar surface area (TPSA) is 32.8 Å². The Morgan fingerprint density at radius 3 is 2.25 bits per heavy atom. The van der Waals surface area contributed by atoms with Crippen molar-refractivity contribution in [2.45, 2.75) is 25.3 Å². The summed E-state index contributed by atoms with van der Waals surface area (Å²) in [6, 6.07) is 7.90. The minimum Gasteiger partial charge on any atom is -0.468 e. The summed E-state index contributed by atoms with van der Waals surface area (Å²) in [6.45, 7) is 1.93. The third kappa shape index (κ3) is 3.31. The molecule has 20 heavy (non-hydrogen) atoms. The summed E-state index contributed by atoms with van der Waals surface area (Å²) >= 11 is 0. The van der Waals surface area contributed by atoms with Gasteiger partial charge in [0.05, 0.1) is 7.11 Å². The summed E-state index contributed by atoms with van der Waals surface area (Å²) in [5.41, 5.74) is 2.15. The first-order valence-corrected chi connectivity index (χ1v) is 7.22. The fraction of sp³-hybridized carbons (Fsp3) is 0.562. The first-order valence-electron chi connectivity index (χ1n) is 7.22. The molecule has 1 aromatic carbocycles. The molecule has 0 spiro atoms.